The van der Waals surface area contributed by atoms with Crippen molar-refractivity contribution >= 4 is 38.6 Å². The molecule has 4 bridgehead atoms. The van der Waals surface area contributed by atoms with Crippen molar-refractivity contribution in [2.75, 3.05) is 58.3 Å². The van der Waals surface area contributed by atoms with Gasteiger partial charge in [0.25, 0.3) is 6.10 Å². The Labute approximate surface area is 300 Å². The lowest BCUT2D eigenvalue weighted by Gasteiger charge is -2.55. The van der Waals surface area contributed by atoms with Crippen LogP contribution in [0.1, 0.15) is 51.4 Å². The number of ether oxygens (including phenoxy) is 5. The predicted octanol–water partition coefficient (Wildman–Crippen LogP) is 6.31. The third kappa shape index (κ3) is 11.6. The smallest absolute Gasteiger partial charge is 0.432 e. The molecule has 1 unspecified atom stereocenters. The summed E-state index contributed by atoms with van der Waals surface area (Å²) >= 11 is 1.69. The number of halogens is 5. The first-order valence-electron chi connectivity index (χ1n) is 17.2. The molecular weight excluding hydrogens is 724 g/mol. The number of hydrogen-bond acceptors (Lipinski definition) is 9. The molecule has 4 aliphatic carbocycles. The molecule has 5 fully saturated rings. The van der Waals surface area contributed by atoms with Crippen LogP contribution in [0, 0.1) is 23.2 Å². The maximum atomic E-state index is 13.5. The number of esters is 1. The zero-order chi connectivity index (χ0) is 37.1. The van der Waals surface area contributed by atoms with Gasteiger partial charge >= 0.3 is 17.4 Å². The van der Waals surface area contributed by atoms with Crippen LogP contribution in [-0.2, 0) is 45.6 Å². The highest BCUT2D eigenvalue weighted by Gasteiger charge is 2.65. The minimum absolute atomic E-state index is 0.131. The van der Waals surface area contributed by atoms with Crippen molar-refractivity contribution < 1.29 is 63.4 Å². The van der Waals surface area contributed by atoms with Gasteiger partial charge in [-0.1, -0.05) is 36.4 Å². The summed E-state index contributed by atoms with van der Waals surface area (Å²) in [4.78, 5) is 12.4. The van der Waals surface area contributed by atoms with Crippen molar-refractivity contribution in [3.05, 3.63) is 42.5 Å². The molecule has 51 heavy (non-hydrogen) atoms. The van der Waals surface area contributed by atoms with E-state index in [1.165, 1.54) is 29.7 Å². The van der Waals surface area contributed by atoms with E-state index in [2.05, 4.69) is 22.9 Å². The lowest BCUT2D eigenvalue weighted by Crippen LogP contribution is -2.56. The Morgan fingerprint density at radius 1 is 0.843 bits per heavy atom. The molecule has 2 aromatic rings. The zero-order valence-corrected chi connectivity index (χ0v) is 30.3. The lowest BCUT2D eigenvalue weighted by molar-refractivity contribution is -0.266. The fourth-order valence-electron chi connectivity index (χ4n) is 7.61. The third-order valence-corrected chi connectivity index (χ3v) is 11.7. The van der Waals surface area contributed by atoms with Gasteiger partial charge in [0.15, 0.2) is 10.1 Å². The Kier molecular flexibility index (Phi) is 15.2. The largest absolute Gasteiger partial charge is 0.743 e. The Balaban J connectivity index is 0.000000203. The van der Waals surface area contributed by atoms with Crippen LogP contribution in [0.5, 0.6) is 5.75 Å². The first-order valence-corrected chi connectivity index (χ1v) is 19.8. The molecule has 0 aromatic heterocycles. The highest BCUT2D eigenvalue weighted by atomic mass is 32.2. The van der Waals surface area contributed by atoms with Gasteiger partial charge in [0.05, 0.1) is 38.4 Å². The van der Waals surface area contributed by atoms with Gasteiger partial charge in [-0.25, -0.2) is 8.42 Å². The van der Waals surface area contributed by atoms with Gasteiger partial charge in [-0.15, -0.1) is 0 Å². The van der Waals surface area contributed by atoms with Gasteiger partial charge in [-0.3, -0.25) is 4.79 Å². The van der Waals surface area contributed by atoms with Crippen molar-refractivity contribution in [3.8, 4) is 5.75 Å². The monoisotopic (exact) mass is 770 g/mol. The van der Waals surface area contributed by atoms with E-state index in [1.807, 2.05) is 24.3 Å². The molecule has 4 saturated carbocycles. The van der Waals surface area contributed by atoms with Crippen LogP contribution in [0.15, 0.2) is 42.5 Å². The van der Waals surface area contributed by atoms with E-state index in [1.54, 1.807) is 18.9 Å². The number of carbonyl (C=O) groups is 1. The summed E-state index contributed by atoms with van der Waals surface area (Å²) in [7, 11) is -5.01. The number of thiol groups is 1. The lowest BCUT2D eigenvalue weighted by atomic mass is 9.49. The summed E-state index contributed by atoms with van der Waals surface area (Å²) in [5.74, 6) is 2.76. The fraction of sp³-hybridized carbons (Fsp3) is 0.686. The van der Waals surface area contributed by atoms with Crippen molar-refractivity contribution in [3.63, 3.8) is 0 Å². The molecule has 2 aromatic carbocycles. The van der Waals surface area contributed by atoms with E-state index in [0.29, 0.717) is 39.6 Å². The van der Waals surface area contributed by atoms with Gasteiger partial charge in [0.2, 0.25) is 0 Å². The maximum absolute atomic E-state index is 13.5. The average molecular weight is 771 g/mol. The number of carbonyl (C=O) groups excluding carboxylic acids is 1. The van der Waals surface area contributed by atoms with Crippen LogP contribution >= 0.6 is 0 Å². The number of alkyl halides is 5. The van der Waals surface area contributed by atoms with Crippen LogP contribution in [-0.4, -0.2) is 94.7 Å². The van der Waals surface area contributed by atoms with Crippen LogP contribution in [0.25, 0.3) is 10.8 Å². The highest BCUT2D eigenvalue weighted by Crippen LogP contribution is 2.60. The van der Waals surface area contributed by atoms with E-state index in [9.17, 15) is 39.7 Å². The average Bonchev–Trinajstić information content (AvgIpc) is 3.66. The summed E-state index contributed by atoms with van der Waals surface area (Å²) in [6.45, 7) is 3.46. The number of rotatable bonds is 14. The second kappa shape index (κ2) is 18.7. The van der Waals surface area contributed by atoms with Gasteiger partial charge < -0.3 is 28.2 Å². The molecule has 7 rings (SSSR count). The van der Waals surface area contributed by atoms with Crippen molar-refractivity contribution in [1.82, 2.24) is 0 Å². The number of hydrogen-bond donors (Lipinski definition) is 0. The van der Waals surface area contributed by atoms with E-state index in [0.717, 1.165) is 30.4 Å². The molecule has 1 saturated heterocycles. The normalized spacial score (nSPS) is 24.6. The molecule has 0 N–H and O–H groups in total. The minimum atomic E-state index is -6.67. The minimum Gasteiger partial charge on any atom is -0.743 e. The Bertz CT molecular complexity index is 1450. The molecule has 0 radical (unpaired) electrons. The predicted molar refractivity (Wildman–Crippen MR) is 182 cm³/mol. The van der Waals surface area contributed by atoms with E-state index >= 15 is 0 Å². The van der Waals surface area contributed by atoms with E-state index in [4.69, 9.17) is 18.9 Å². The standard InChI is InChI=1S/C17H22O4.C14H17F5O5S.C4H8S/c1-18-9-10-19-11-12-20-13-14-21-17-8-4-6-15-5-2-3-7-16(15)17;15-13(16,17)10(14(18,19)25(21,22)23)24-11(20)12-4-7-1-8(5-12)3-9(2-7)6-12;1-2-4-5-3-1/h2-8H,9-14H2,1H3;7-10H,1-6H2,(H,21,22,23);1-4H2. The van der Waals surface area contributed by atoms with Crippen LogP contribution < -0.4 is 4.74 Å². The number of fused-ring (bicyclic) bond motifs is 1. The van der Waals surface area contributed by atoms with Gasteiger partial charge in [0, 0.05) is 12.5 Å². The molecule has 5 aliphatic rings. The molecule has 0 amide bonds. The van der Waals surface area contributed by atoms with Crippen LogP contribution in [0.2, 0.25) is 0 Å². The first kappa shape index (κ1) is 41.5. The third-order valence-electron chi connectivity index (χ3n) is 9.55. The molecule has 1 aliphatic heterocycles. The SMILES string of the molecule is C1CC[SH+]C1.COCCOCCOCCOc1cccc2ccccc12.O=C(OC(C(F)(F)F)C(F)(F)S(=O)(=O)[O-])C12CC3CC(CC(C3)C1)C2. The summed E-state index contributed by atoms with van der Waals surface area (Å²) in [5, 5.41) is -3.48. The first-order chi connectivity index (χ1) is 24.2. The topological polar surface area (TPSA) is 120 Å². The molecule has 1 atom stereocenters. The van der Waals surface area contributed by atoms with Gasteiger partial charge in [-0.2, -0.15) is 22.0 Å². The molecule has 0 spiro atoms. The molecular formula is C35H47F5O9S2. The number of methoxy groups -OCH3 is 1. The van der Waals surface area contributed by atoms with Crippen LogP contribution in [0.4, 0.5) is 22.0 Å². The van der Waals surface area contributed by atoms with Crippen molar-refractivity contribution in [2.45, 2.75) is 68.9 Å². The summed E-state index contributed by atoms with van der Waals surface area (Å²) in [6, 6.07) is 14.3. The second-order valence-electron chi connectivity index (χ2n) is 13.5. The maximum Gasteiger partial charge on any atom is 0.432 e. The molecule has 16 heteroatoms. The Hall–Kier alpha value is -2.24. The van der Waals surface area contributed by atoms with E-state index in [-0.39, 0.29) is 37.0 Å². The summed E-state index contributed by atoms with van der Waals surface area (Å²) in [6.07, 6.45) is -3.93. The Morgan fingerprint density at radius 3 is 1.88 bits per heavy atom. The molecule has 288 valence electrons. The Morgan fingerprint density at radius 2 is 1.37 bits per heavy atom. The zero-order valence-electron chi connectivity index (χ0n) is 28.6. The summed E-state index contributed by atoms with van der Waals surface area (Å²) < 4.78 is 123. The molecule has 9 nitrogen and oxygen atoms in total. The quantitative estimate of drug-likeness (QED) is 0.0544. The number of benzene rings is 2. The van der Waals surface area contributed by atoms with Gasteiger partial charge in [-0.05, 0) is 92.3 Å². The van der Waals surface area contributed by atoms with E-state index < -0.39 is 39.0 Å². The van der Waals surface area contributed by atoms with Crippen molar-refractivity contribution in [1.29, 1.82) is 0 Å². The van der Waals surface area contributed by atoms with Gasteiger partial charge in [0.1, 0.15) is 23.9 Å². The molecule has 1 heterocycles. The van der Waals surface area contributed by atoms with Crippen LogP contribution in [0.3, 0.4) is 0 Å². The fourth-order valence-corrected chi connectivity index (χ4v) is 9.17. The second-order valence-corrected chi connectivity index (χ2v) is 16.3. The summed E-state index contributed by atoms with van der Waals surface area (Å²) in [5.41, 5.74) is -1.29. The van der Waals surface area contributed by atoms with Crippen molar-refractivity contribution in [2.24, 2.45) is 23.2 Å². The highest BCUT2D eigenvalue weighted by molar-refractivity contribution is 7.86.